The van der Waals surface area contributed by atoms with Crippen LogP contribution in [0.4, 0.5) is 0 Å². The van der Waals surface area contributed by atoms with Crippen LogP contribution in [-0.4, -0.2) is 27.2 Å². The van der Waals surface area contributed by atoms with Gasteiger partial charge in [0, 0.05) is 12.8 Å². The molecule has 1 heterocycles. The number of hydrogen-bond donors (Lipinski definition) is 1. The Balaban J connectivity index is 1.84. The fraction of sp³-hybridized carbons (Fsp3) is 0.182. The van der Waals surface area contributed by atoms with Crippen LogP contribution < -0.4 is 4.89 Å². The molecule has 0 atom stereocenters. The third-order valence-electron chi connectivity index (χ3n) is 2.34. The number of aromatic carboxylic acids is 1. The number of nitrogens with zero attached hydrogens (tertiary/aromatic N) is 1. The van der Waals surface area contributed by atoms with Crippen molar-refractivity contribution in [3.63, 3.8) is 0 Å². The van der Waals surface area contributed by atoms with Gasteiger partial charge >= 0.3 is 5.97 Å². The van der Waals surface area contributed by atoms with E-state index in [4.69, 9.17) is 14.3 Å². The first-order chi connectivity index (χ1) is 9.08. The SMILES string of the molecule is O=C(O)c1ccc(OOSN2C(=O)CCC2=O)cc1. The Kier molecular flexibility index (Phi) is 4.03. The molecule has 1 fully saturated rings. The van der Waals surface area contributed by atoms with Crippen LogP contribution >= 0.6 is 12.2 Å². The minimum atomic E-state index is -1.05. The number of imide groups is 1. The predicted octanol–water partition coefficient (Wildman–Crippen LogP) is 1.41. The molecule has 1 saturated heterocycles. The first-order valence-corrected chi connectivity index (χ1v) is 5.98. The molecule has 0 aromatic heterocycles. The number of rotatable bonds is 5. The zero-order chi connectivity index (χ0) is 13.8. The Labute approximate surface area is 112 Å². The number of carboxylic acids is 1. The molecular formula is C11H9NO6S. The Morgan fingerprint density at radius 2 is 1.74 bits per heavy atom. The number of hydrogen-bond acceptors (Lipinski definition) is 6. The average Bonchev–Trinajstić information content (AvgIpc) is 2.71. The van der Waals surface area contributed by atoms with Gasteiger partial charge in [0.15, 0.2) is 18.0 Å². The number of carbonyl (C=O) groups is 3. The molecule has 7 nitrogen and oxygen atoms in total. The van der Waals surface area contributed by atoms with Crippen LogP contribution in [0.3, 0.4) is 0 Å². The van der Waals surface area contributed by atoms with Gasteiger partial charge in [-0.3, -0.25) is 9.59 Å². The molecule has 0 spiro atoms. The number of amides is 2. The van der Waals surface area contributed by atoms with Gasteiger partial charge in [0.1, 0.15) is 0 Å². The Hall–Kier alpha value is -2.06. The van der Waals surface area contributed by atoms with E-state index in [1.54, 1.807) is 0 Å². The van der Waals surface area contributed by atoms with Crippen LogP contribution in [0, 0.1) is 0 Å². The van der Waals surface area contributed by atoms with Crippen molar-refractivity contribution in [2.24, 2.45) is 0 Å². The van der Waals surface area contributed by atoms with Gasteiger partial charge in [-0.1, -0.05) is 4.33 Å². The highest BCUT2D eigenvalue weighted by Crippen LogP contribution is 2.23. The zero-order valence-electron chi connectivity index (χ0n) is 9.57. The van der Waals surface area contributed by atoms with E-state index in [9.17, 15) is 14.4 Å². The molecule has 1 aromatic carbocycles. The maximum absolute atomic E-state index is 11.2. The molecular weight excluding hydrogens is 274 g/mol. The summed E-state index contributed by atoms with van der Waals surface area (Å²) >= 11 is 0.501. The second-order valence-electron chi connectivity index (χ2n) is 3.64. The van der Waals surface area contributed by atoms with Crippen molar-refractivity contribution in [2.75, 3.05) is 0 Å². The van der Waals surface area contributed by atoms with E-state index in [0.717, 1.165) is 4.31 Å². The quantitative estimate of drug-likeness (QED) is 0.287. The number of benzene rings is 1. The Morgan fingerprint density at radius 3 is 2.26 bits per heavy atom. The number of carboxylic acid groups (broad SMARTS) is 1. The van der Waals surface area contributed by atoms with Gasteiger partial charge in [-0.15, -0.1) is 0 Å². The van der Waals surface area contributed by atoms with Gasteiger partial charge in [0.2, 0.25) is 11.8 Å². The summed E-state index contributed by atoms with van der Waals surface area (Å²) in [5.74, 6) is -1.45. The maximum atomic E-state index is 11.2. The van der Waals surface area contributed by atoms with Gasteiger partial charge in [-0.2, -0.15) is 4.31 Å². The third kappa shape index (κ3) is 3.24. The van der Waals surface area contributed by atoms with Crippen LogP contribution in [-0.2, 0) is 13.9 Å². The summed E-state index contributed by atoms with van der Waals surface area (Å²) in [6, 6.07) is 5.49. The van der Waals surface area contributed by atoms with Crippen molar-refractivity contribution >= 4 is 30.0 Å². The van der Waals surface area contributed by atoms with E-state index in [2.05, 4.69) is 0 Å². The van der Waals surface area contributed by atoms with Crippen molar-refractivity contribution < 1.29 is 28.7 Å². The Bertz CT molecular complexity index is 498. The van der Waals surface area contributed by atoms with Crippen LogP contribution in [0.25, 0.3) is 0 Å². The molecule has 19 heavy (non-hydrogen) atoms. The largest absolute Gasteiger partial charge is 0.478 e. The van der Waals surface area contributed by atoms with Crippen LogP contribution in [0.1, 0.15) is 23.2 Å². The molecule has 0 bridgehead atoms. The van der Waals surface area contributed by atoms with Crippen LogP contribution in [0.2, 0.25) is 0 Å². The highest BCUT2D eigenvalue weighted by Gasteiger charge is 2.31. The van der Waals surface area contributed by atoms with Crippen molar-refractivity contribution in [3.05, 3.63) is 29.8 Å². The maximum Gasteiger partial charge on any atom is 0.335 e. The minimum absolute atomic E-state index is 0.116. The molecule has 1 N–H and O–H groups in total. The summed E-state index contributed by atoms with van der Waals surface area (Å²) in [5.41, 5.74) is 0.116. The molecule has 0 saturated carbocycles. The smallest absolute Gasteiger partial charge is 0.335 e. The first kappa shape index (κ1) is 13.4. The predicted molar refractivity (Wildman–Crippen MR) is 63.8 cm³/mol. The standard InChI is InChI=1S/C11H9NO6S/c13-9-5-6-10(14)12(9)19-18-17-8-3-1-7(2-4-8)11(15)16/h1-4H,5-6H2,(H,15,16). The van der Waals surface area contributed by atoms with Crippen molar-refractivity contribution in [1.29, 1.82) is 0 Å². The highest BCUT2D eigenvalue weighted by atomic mass is 32.2. The van der Waals surface area contributed by atoms with Gasteiger partial charge in [-0.25, -0.2) is 4.79 Å². The lowest BCUT2D eigenvalue weighted by Gasteiger charge is -2.10. The zero-order valence-corrected chi connectivity index (χ0v) is 10.4. The molecule has 8 heteroatoms. The van der Waals surface area contributed by atoms with Crippen molar-refractivity contribution in [1.82, 2.24) is 4.31 Å². The van der Waals surface area contributed by atoms with E-state index < -0.39 is 5.97 Å². The lowest BCUT2D eigenvalue weighted by atomic mass is 10.2. The molecule has 2 rings (SSSR count). The molecule has 0 aliphatic carbocycles. The lowest BCUT2D eigenvalue weighted by molar-refractivity contribution is -0.134. The number of carbonyl (C=O) groups excluding carboxylic acids is 2. The highest BCUT2D eigenvalue weighted by molar-refractivity contribution is 7.93. The van der Waals surface area contributed by atoms with Gasteiger partial charge in [0.05, 0.1) is 5.56 Å². The molecule has 100 valence electrons. The molecule has 2 amide bonds. The lowest BCUT2D eigenvalue weighted by Crippen LogP contribution is -2.21. The topological polar surface area (TPSA) is 93.1 Å². The monoisotopic (exact) mass is 283 g/mol. The second-order valence-corrected chi connectivity index (χ2v) is 4.29. The molecule has 0 radical (unpaired) electrons. The van der Waals surface area contributed by atoms with E-state index >= 15 is 0 Å². The summed E-state index contributed by atoms with van der Waals surface area (Å²) in [7, 11) is 0. The van der Waals surface area contributed by atoms with Crippen molar-refractivity contribution in [2.45, 2.75) is 12.8 Å². The van der Waals surface area contributed by atoms with Crippen LogP contribution in [0.15, 0.2) is 24.3 Å². The van der Waals surface area contributed by atoms with E-state index in [1.807, 2.05) is 0 Å². The summed E-state index contributed by atoms with van der Waals surface area (Å²) in [6.07, 6.45) is 0.338. The third-order valence-corrected chi connectivity index (χ3v) is 3.03. The fourth-order valence-corrected chi connectivity index (χ4v) is 1.90. The molecule has 1 aliphatic rings. The average molecular weight is 283 g/mol. The van der Waals surface area contributed by atoms with E-state index in [-0.39, 0.29) is 36.0 Å². The first-order valence-electron chi connectivity index (χ1n) is 5.28. The minimum Gasteiger partial charge on any atom is -0.478 e. The molecule has 0 unspecified atom stereocenters. The van der Waals surface area contributed by atoms with Gasteiger partial charge in [0.25, 0.3) is 0 Å². The summed E-state index contributed by atoms with van der Waals surface area (Å²) in [5, 5.41) is 8.70. The fourth-order valence-electron chi connectivity index (χ4n) is 1.38. The molecule has 1 aromatic rings. The van der Waals surface area contributed by atoms with Gasteiger partial charge < -0.3 is 9.99 Å². The molecule has 1 aliphatic heterocycles. The second kappa shape index (κ2) is 5.72. The van der Waals surface area contributed by atoms with E-state index in [1.165, 1.54) is 24.3 Å². The van der Waals surface area contributed by atoms with Crippen molar-refractivity contribution in [3.8, 4) is 5.75 Å². The normalized spacial score (nSPS) is 14.8. The summed E-state index contributed by atoms with van der Waals surface area (Å²) < 4.78 is 5.58. The van der Waals surface area contributed by atoms with Gasteiger partial charge in [-0.05, 0) is 24.3 Å². The summed E-state index contributed by atoms with van der Waals surface area (Å²) in [4.78, 5) is 37.9. The summed E-state index contributed by atoms with van der Waals surface area (Å²) in [6.45, 7) is 0. The Morgan fingerprint density at radius 1 is 1.16 bits per heavy atom. The van der Waals surface area contributed by atoms with E-state index in [0.29, 0.717) is 12.2 Å². The van der Waals surface area contributed by atoms with Crippen LogP contribution in [0.5, 0.6) is 5.75 Å².